The van der Waals surface area contributed by atoms with Gasteiger partial charge in [0.25, 0.3) is 0 Å². The van der Waals surface area contributed by atoms with Crippen molar-refractivity contribution in [3.63, 3.8) is 0 Å². The molecule has 1 N–H and O–H groups in total. The van der Waals surface area contributed by atoms with Crippen molar-refractivity contribution < 1.29 is 28.1 Å². The Morgan fingerprint density at radius 3 is 2.03 bits per heavy atom. The third kappa shape index (κ3) is 3.44. The fourth-order valence-corrected chi connectivity index (χ4v) is 2.71. The van der Waals surface area contributed by atoms with Crippen molar-refractivity contribution in [1.82, 2.24) is 4.57 Å². The van der Waals surface area contributed by atoms with Crippen LogP contribution in [0, 0.1) is 20.2 Å². The first-order valence-corrected chi connectivity index (χ1v) is 7.74. The van der Waals surface area contributed by atoms with Crippen molar-refractivity contribution in [3.8, 4) is 5.88 Å². The molecule has 0 unspecified atom stereocenters. The predicted molar refractivity (Wildman–Crippen MR) is 93.5 cm³/mol. The van der Waals surface area contributed by atoms with Crippen molar-refractivity contribution in [3.05, 3.63) is 62.2 Å². The van der Waals surface area contributed by atoms with Crippen LogP contribution in [0.1, 0.15) is 5.56 Å². The molecule has 1 heterocycles. The summed E-state index contributed by atoms with van der Waals surface area (Å²) in [4.78, 5) is 20.0. The SMILES string of the molecule is Cn1c(O)c(N=Nc2c([N+](=O)[O-])cc(C(F)(F)F)cc2[N+](=O)[O-])c2ccccc21. The number of aromatic nitrogens is 1. The number of nitrogens with zero attached hydrogens (tertiary/aromatic N) is 5. The van der Waals surface area contributed by atoms with E-state index in [0.29, 0.717) is 10.9 Å². The van der Waals surface area contributed by atoms with E-state index in [2.05, 4.69) is 10.2 Å². The number of halogens is 3. The standard InChI is InChI=1S/C16H10F3N5O5/c1-22-10-5-3-2-4-9(10)13(15(22)25)20-21-14-11(23(26)27)6-8(16(17,18)19)7-12(14)24(28)29/h2-7,25H,1H3. The monoisotopic (exact) mass is 409 g/mol. The molecule has 29 heavy (non-hydrogen) atoms. The minimum Gasteiger partial charge on any atom is -0.493 e. The van der Waals surface area contributed by atoms with Crippen molar-refractivity contribution in [2.75, 3.05) is 0 Å². The molecule has 0 aliphatic rings. The summed E-state index contributed by atoms with van der Waals surface area (Å²) in [7, 11) is 1.50. The smallest absolute Gasteiger partial charge is 0.416 e. The second kappa shape index (κ2) is 6.85. The van der Waals surface area contributed by atoms with Gasteiger partial charge in [-0.05, 0) is 6.07 Å². The molecular formula is C16H10F3N5O5. The molecule has 0 fully saturated rings. The van der Waals surface area contributed by atoms with Gasteiger partial charge in [0.15, 0.2) is 5.69 Å². The van der Waals surface area contributed by atoms with Gasteiger partial charge in [0.05, 0.1) is 20.9 Å². The summed E-state index contributed by atoms with van der Waals surface area (Å²) in [5.41, 5.74) is -4.64. The normalized spacial score (nSPS) is 12.0. The number of nitro groups is 2. The summed E-state index contributed by atoms with van der Waals surface area (Å²) < 4.78 is 40.2. The lowest BCUT2D eigenvalue weighted by Crippen LogP contribution is -2.07. The molecule has 0 aliphatic carbocycles. The van der Waals surface area contributed by atoms with E-state index in [1.165, 1.54) is 11.6 Å². The molecule has 3 aromatic rings. The van der Waals surface area contributed by atoms with E-state index < -0.39 is 38.6 Å². The quantitative estimate of drug-likeness (QED) is 0.362. The zero-order valence-corrected chi connectivity index (χ0v) is 14.4. The highest BCUT2D eigenvalue weighted by atomic mass is 19.4. The minimum atomic E-state index is -5.04. The van der Waals surface area contributed by atoms with Gasteiger partial charge < -0.3 is 9.67 Å². The summed E-state index contributed by atoms with van der Waals surface area (Å²) in [5, 5.41) is 40.2. The molecule has 0 radical (unpaired) electrons. The highest BCUT2D eigenvalue weighted by Crippen LogP contribution is 2.45. The van der Waals surface area contributed by atoms with Crippen molar-refractivity contribution in [2.24, 2.45) is 17.3 Å². The second-order valence-electron chi connectivity index (χ2n) is 5.82. The van der Waals surface area contributed by atoms with Gasteiger partial charge in [0.1, 0.15) is 0 Å². The molecule has 1 aromatic heterocycles. The number of aromatic hydroxyl groups is 1. The van der Waals surface area contributed by atoms with Crippen LogP contribution in [-0.2, 0) is 13.2 Å². The number of nitro benzene ring substituents is 2. The van der Waals surface area contributed by atoms with Crippen LogP contribution >= 0.6 is 0 Å². The van der Waals surface area contributed by atoms with Crippen LogP contribution in [0.2, 0.25) is 0 Å². The molecular weight excluding hydrogens is 399 g/mol. The fraction of sp³-hybridized carbons (Fsp3) is 0.125. The predicted octanol–water partition coefficient (Wildman–Crippen LogP) is 5.13. The number of fused-ring (bicyclic) bond motifs is 1. The molecule has 0 atom stereocenters. The van der Waals surface area contributed by atoms with Crippen LogP contribution in [0.15, 0.2) is 46.6 Å². The van der Waals surface area contributed by atoms with Crippen LogP contribution in [0.25, 0.3) is 10.9 Å². The van der Waals surface area contributed by atoms with Gasteiger partial charge in [-0.3, -0.25) is 20.2 Å². The van der Waals surface area contributed by atoms with Crippen LogP contribution in [0.4, 0.5) is 35.9 Å². The lowest BCUT2D eigenvalue weighted by atomic mass is 10.1. The Hall–Kier alpha value is -4.03. The summed E-state index contributed by atoms with van der Waals surface area (Å²) in [5.74, 6) is -0.382. The largest absolute Gasteiger partial charge is 0.493 e. The third-order valence-corrected chi connectivity index (χ3v) is 4.09. The fourth-order valence-electron chi connectivity index (χ4n) is 2.71. The van der Waals surface area contributed by atoms with Gasteiger partial charge in [-0.1, -0.05) is 18.2 Å². The number of aryl methyl sites for hydroxylation is 1. The molecule has 0 saturated heterocycles. The number of para-hydroxylation sites is 1. The van der Waals surface area contributed by atoms with Gasteiger partial charge in [0.2, 0.25) is 11.6 Å². The van der Waals surface area contributed by atoms with Crippen LogP contribution in [-0.4, -0.2) is 19.5 Å². The summed E-state index contributed by atoms with van der Waals surface area (Å²) >= 11 is 0. The highest BCUT2D eigenvalue weighted by molar-refractivity contribution is 5.95. The molecule has 0 amide bonds. The molecule has 0 spiro atoms. The van der Waals surface area contributed by atoms with Gasteiger partial charge in [-0.15, -0.1) is 10.2 Å². The van der Waals surface area contributed by atoms with E-state index in [4.69, 9.17) is 0 Å². The number of rotatable bonds is 4. The van der Waals surface area contributed by atoms with Gasteiger partial charge in [-0.2, -0.15) is 13.2 Å². The first kappa shape index (κ1) is 19.7. The molecule has 13 heteroatoms. The maximum atomic E-state index is 13.0. The number of hydrogen-bond donors (Lipinski definition) is 1. The number of azo groups is 1. The van der Waals surface area contributed by atoms with Crippen LogP contribution in [0.3, 0.4) is 0 Å². The maximum absolute atomic E-state index is 13.0. The van der Waals surface area contributed by atoms with Crippen LogP contribution < -0.4 is 0 Å². The molecule has 0 saturated carbocycles. The van der Waals surface area contributed by atoms with E-state index in [0.717, 1.165) is 0 Å². The Morgan fingerprint density at radius 2 is 1.52 bits per heavy atom. The third-order valence-electron chi connectivity index (χ3n) is 4.09. The Kier molecular flexibility index (Phi) is 4.66. The second-order valence-corrected chi connectivity index (χ2v) is 5.82. The zero-order valence-electron chi connectivity index (χ0n) is 14.4. The Morgan fingerprint density at radius 1 is 1.00 bits per heavy atom. The summed E-state index contributed by atoms with van der Waals surface area (Å²) in [6.07, 6.45) is -5.04. The van der Waals surface area contributed by atoms with Crippen molar-refractivity contribution in [1.29, 1.82) is 0 Å². The van der Waals surface area contributed by atoms with Crippen LogP contribution in [0.5, 0.6) is 5.88 Å². The summed E-state index contributed by atoms with van der Waals surface area (Å²) in [6.45, 7) is 0. The molecule has 0 aliphatic heterocycles. The molecule has 2 aromatic carbocycles. The van der Waals surface area contributed by atoms with E-state index in [1.54, 1.807) is 24.3 Å². The van der Waals surface area contributed by atoms with Gasteiger partial charge >= 0.3 is 17.6 Å². The molecule has 10 nitrogen and oxygen atoms in total. The topological polar surface area (TPSA) is 136 Å². The first-order chi connectivity index (χ1) is 13.5. The van der Waals surface area contributed by atoms with Gasteiger partial charge in [0, 0.05) is 24.6 Å². The molecule has 0 bridgehead atoms. The molecule has 3 rings (SSSR count). The Labute approximate surface area is 158 Å². The zero-order chi connectivity index (χ0) is 21.5. The van der Waals surface area contributed by atoms with Crippen molar-refractivity contribution in [2.45, 2.75) is 6.18 Å². The van der Waals surface area contributed by atoms with E-state index >= 15 is 0 Å². The molecule has 150 valence electrons. The first-order valence-electron chi connectivity index (χ1n) is 7.74. The van der Waals surface area contributed by atoms with E-state index in [-0.39, 0.29) is 23.7 Å². The van der Waals surface area contributed by atoms with E-state index in [9.17, 15) is 38.5 Å². The average Bonchev–Trinajstić information content (AvgIpc) is 2.89. The lowest BCUT2D eigenvalue weighted by Gasteiger charge is -2.07. The number of benzene rings is 2. The summed E-state index contributed by atoms with van der Waals surface area (Å²) in [6, 6.07) is 6.77. The Bertz CT molecular complexity index is 1150. The van der Waals surface area contributed by atoms with Crippen molar-refractivity contribution >= 4 is 33.7 Å². The van der Waals surface area contributed by atoms with Gasteiger partial charge in [-0.25, -0.2) is 0 Å². The average molecular weight is 409 g/mol. The Balaban J connectivity index is 2.25. The maximum Gasteiger partial charge on any atom is 0.416 e. The number of hydrogen-bond acceptors (Lipinski definition) is 7. The highest BCUT2D eigenvalue weighted by Gasteiger charge is 2.38. The minimum absolute atomic E-state index is 0.143. The lowest BCUT2D eigenvalue weighted by molar-refractivity contribution is -0.393. The number of alkyl halides is 3. The van der Waals surface area contributed by atoms with E-state index in [1.807, 2.05) is 0 Å².